The first-order valence-electron chi connectivity index (χ1n) is 8.58. The number of nitrogens with zero attached hydrogens (tertiary/aromatic N) is 2. The molecule has 0 bridgehead atoms. The van der Waals surface area contributed by atoms with Crippen LogP contribution in [-0.4, -0.2) is 22.1 Å². The zero-order chi connectivity index (χ0) is 18.5. The molecule has 5 nitrogen and oxygen atoms in total. The third-order valence-electron chi connectivity index (χ3n) is 4.08. The molecule has 4 rings (SSSR count). The quantitative estimate of drug-likeness (QED) is 0.467. The fraction of sp³-hybridized carbons (Fsp3) is 0.143. The van der Waals surface area contributed by atoms with Gasteiger partial charge in [0.1, 0.15) is 18.1 Å². The molecule has 2 aromatic carbocycles. The maximum atomic E-state index is 5.77. The maximum absolute atomic E-state index is 5.77. The molecule has 0 fully saturated rings. The van der Waals surface area contributed by atoms with Gasteiger partial charge in [-0.1, -0.05) is 30.0 Å². The molecule has 0 saturated heterocycles. The van der Waals surface area contributed by atoms with Crippen molar-refractivity contribution in [3.05, 3.63) is 78.1 Å². The zero-order valence-electron chi connectivity index (χ0n) is 14.9. The number of rotatable bonds is 7. The van der Waals surface area contributed by atoms with Gasteiger partial charge in [0, 0.05) is 18.0 Å². The van der Waals surface area contributed by atoms with Crippen LogP contribution in [0.3, 0.4) is 0 Å². The van der Waals surface area contributed by atoms with E-state index < -0.39 is 0 Å². The highest BCUT2D eigenvalue weighted by molar-refractivity contribution is 7.98. The van der Waals surface area contributed by atoms with E-state index in [1.54, 1.807) is 25.1 Å². The lowest BCUT2D eigenvalue weighted by molar-refractivity contribution is 0.301. The van der Waals surface area contributed by atoms with Gasteiger partial charge in [-0.3, -0.25) is 4.98 Å². The van der Waals surface area contributed by atoms with Crippen molar-refractivity contribution in [1.82, 2.24) is 15.0 Å². The lowest BCUT2D eigenvalue weighted by Crippen LogP contribution is -1.97. The van der Waals surface area contributed by atoms with E-state index in [1.807, 2.05) is 48.5 Å². The second-order valence-electron chi connectivity index (χ2n) is 5.97. The number of benzene rings is 2. The van der Waals surface area contributed by atoms with Gasteiger partial charge in [0.2, 0.25) is 0 Å². The number of H-pyrrole nitrogens is 1. The molecule has 0 saturated carbocycles. The number of thioether (sulfide) groups is 1. The van der Waals surface area contributed by atoms with Crippen LogP contribution >= 0.6 is 11.8 Å². The number of aromatic nitrogens is 3. The minimum atomic E-state index is 0.470. The second kappa shape index (κ2) is 8.14. The SMILES string of the molecule is COc1ccc2nc(SCc3ccc(OCc4ccccn4)cc3)[nH]c2c1. The third kappa shape index (κ3) is 4.41. The number of hydrogen-bond acceptors (Lipinski definition) is 5. The fourth-order valence-electron chi connectivity index (χ4n) is 2.64. The predicted molar refractivity (Wildman–Crippen MR) is 107 cm³/mol. The average Bonchev–Trinajstić information content (AvgIpc) is 3.14. The summed E-state index contributed by atoms with van der Waals surface area (Å²) in [5.41, 5.74) is 4.05. The van der Waals surface area contributed by atoms with Crippen molar-refractivity contribution in [1.29, 1.82) is 0 Å². The van der Waals surface area contributed by atoms with Crippen LogP contribution in [0.5, 0.6) is 11.5 Å². The molecule has 1 N–H and O–H groups in total. The highest BCUT2D eigenvalue weighted by Crippen LogP contribution is 2.26. The second-order valence-corrected chi connectivity index (χ2v) is 6.93. The van der Waals surface area contributed by atoms with Crippen LogP contribution in [0.15, 0.2) is 72.0 Å². The number of imidazole rings is 1. The molecule has 27 heavy (non-hydrogen) atoms. The monoisotopic (exact) mass is 377 g/mol. The number of ether oxygens (including phenoxy) is 2. The van der Waals surface area contributed by atoms with Crippen molar-refractivity contribution >= 4 is 22.8 Å². The van der Waals surface area contributed by atoms with Gasteiger partial charge >= 0.3 is 0 Å². The average molecular weight is 377 g/mol. The van der Waals surface area contributed by atoms with Crippen molar-refractivity contribution in [3.8, 4) is 11.5 Å². The van der Waals surface area contributed by atoms with Crippen molar-refractivity contribution in [2.45, 2.75) is 17.5 Å². The lowest BCUT2D eigenvalue weighted by atomic mass is 10.2. The van der Waals surface area contributed by atoms with Crippen LogP contribution < -0.4 is 9.47 Å². The largest absolute Gasteiger partial charge is 0.497 e. The van der Waals surface area contributed by atoms with Crippen LogP contribution in [0, 0.1) is 0 Å². The van der Waals surface area contributed by atoms with Gasteiger partial charge in [0.15, 0.2) is 5.16 Å². The summed E-state index contributed by atoms with van der Waals surface area (Å²) in [6.45, 7) is 0.470. The molecule has 0 atom stereocenters. The van der Waals surface area contributed by atoms with Crippen LogP contribution in [0.2, 0.25) is 0 Å². The summed E-state index contributed by atoms with van der Waals surface area (Å²) in [4.78, 5) is 12.2. The van der Waals surface area contributed by atoms with Gasteiger partial charge in [-0.15, -0.1) is 0 Å². The highest BCUT2D eigenvalue weighted by Gasteiger charge is 2.05. The Morgan fingerprint density at radius 1 is 1.00 bits per heavy atom. The summed E-state index contributed by atoms with van der Waals surface area (Å²) in [7, 11) is 1.66. The topological polar surface area (TPSA) is 60.0 Å². The Hall–Kier alpha value is -2.99. The molecule has 0 aliphatic heterocycles. The Morgan fingerprint density at radius 2 is 1.85 bits per heavy atom. The number of hydrogen-bond donors (Lipinski definition) is 1. The summed E-state index contributed by atoms with van der Waals surface area (Å²) in [6.07, 6.45) is 1.77. The first-order chi connectivity index (χ1) is 13.3. The molecule has 0 aliphatic rings. The minimum absolute atomic E-state index is 0.470. The van der Waals surface area contributed by atoms with E-state index in [0.717, 1.165) is 39.1 Å². The number of methoxy groups -OCH3 is 1. The van der Waals surface area contributed by atoms with Gasteiger partial charge in [-0.25, -0.2) is 4.98 Å². The van der Waals surface area contributed by atoms with Crippen molar-refractivity contribution in [2.24, 2.45) is 0 Å². The van der Waals surface area contributed by atoms with Gasteiger partial charge in [-0.05, 0) is 42.0 Å². The van der Waals surface area contributed by atoms with Crippen LogP contribution in [0.25, 0.3) is 11.0 Å². The van der Waals surface area contributed by atoms with Gasteiger partial charge < -0.3 is 14.5 Å². The normalized spacial score (nSPS) is 10.9. The predicted octanol–water partition coefficient (Wildman–Crippen LogP) is 4.84. The fourth-order valence-corrected chi connectivity index (χ4v) is 3.48. The Morgan fingerprint density at radius 3 is 2.63 bits per heavy atom. The summed E-state index contributed by atoms with van der Waals surface area (Å²) >= 11 is 1.67. The zero-order valence-corrected chi connectivity index (χ0v) is 15.7. The van der Waals surface area contributed by atoms with E-state index in [-0.39, 0.29) is 0 Å². The number of fused-ring (bicyclic) bond motifs is 1. The Labute approximate surface area is 161 Å². The first kappa shape index (κ1) is 17.4. The van der Waals surface area contributed by atoms with Crippen LogP contribution in [0.4, 0.5) is 0 Å². The molecule has 0 spiro atoms. The molecule has 2 heterocycles. The summed E-state index contributed by atoms with van der Waals surface area (Å²) in [5, 5.41) is 0.897. The molecule has 0 aliphatic carbocycles. The Balaban J connectivity index is 1.34. The van der Waals surface area contributed by atoms with Crippen LogP contribution in [-0.2, 0) is 12.4 Å². The number of aromatic amines is 1. The van der Waals surface area contributed by atoms with E-state index >= 15 is 0 Å². The van der Waals surface area contributed by atoms with Gasteiger partial charge in [0.25, 0.3) is 0 Å². The molecule has 2 aromatic heterocycles. The van der Waals surface area contributed by atoms with Gasteiger partial charge in [0.05, 0.1) is 23.8 Å². The first-order valence-corrected chi connectivity index (χ1v) is 9.57. The van der Waals surface area contributed by atoms with E-state index in [2.05, 4.69) is 27.1 Å². The summed E-state index contributed by atoms with van der Waals surface area (Å²) < 4.78 is 11.0. The number of nitrogens with one attached hydrogen (secondary N) is 1. The van der Waals surface area contributed by atoms with Crippen molar-refractivity contribution in [3.63, 3.8) is 0 Å². The summed E-state index contributed by atoms with van der Waals surface area (Å²) in [5.74, 6) is 2.49. The van der Waals surface area contributed by atoms with E-state index in [1.165, 1.54) is 5.56 Å². The standard InChI is InChI=1S/C21H19N3O2S/c1-25-18-9-10-19-20(12-18)24-21(23-19)27-14-15-5-7-17(8-6-15)26-13-16-4-2-3-11-22-16/h2-12H,13-14H2,1H3,(H,23,24). The number of pyridine rings is 1. The summed E-state index contributed by atoms with van der Waals surface area (Å²) in [6, 6.07) is 19.8. The molecule has 0 unspecified atom stereocenters. The third-order valence-corrected chi connectivity index (χ3v) is 5.02. The maximum Gasteiger partial charge on any atom is 0.166 e. The minimum Gasteiger partial charge on any atom is -0.497 e. The van der Waals surface area contributed by atoms with E-state index in [4.69, 9.17) is 9.47 Å². The molecule has 0 radical (unpaired) electrons. The van der Waals surface area contributed by atoms with Gasteiger partial charge in [-0.2, -0.15) is 0 Å². The Bertz CT molecular complexity index is 1020. The lowest BCUT2D eigenvalue weighted by Gasteiger charge is -2.06. The molecule has 4 aromatic rings. The molecular formula is C21H19N3O2S. The molecule has 0 amide bonds. The molecule has 6 heteroatoms. The van der Waals surface area contributed by atoms with E-state index in [9.17, 15) is 0 Å². The highest BCUT2D eigenvalue weighted by atomic mass is 32.2. The van der Waals surface area contributed by atoms with Crippen LogP contribution in [0.1, 0.15) is 11.3 Å². The smallest absolute Gasteiger partial charge is 0.166 e. The molecule has 136 valence electrons. The molecular weight excluding hydrogens is 358 g/mol. The van der Waals surface area contributed by atoms with E-state index in [0.29, 0.717) is 6.61 Å². The van der Waals surface area contributed by atoms with Crippen molar-refractivity contribution in [2.75, 3.05) is 7.11 Å². The van der Waals surface area contributed by atoms with Crippen molar-refractivity contribution < 1.29 is 9.47 Å². The Kier molecular flexibility index (Phi) is 5.25.